The number of hydrogen-bond acceptors (Lipinski definition) is 5. The maximum Gasteiger partial charge on any atom is 0.231 e. The fourth-order valence-electron chi connectivity index (χ4n) is 3.04. The van der Waals surface area contributed by atoms with E-state index in [4.69, 9.17) is 15.2 Å². The molecule has 0 bridgehead atoms. The molecule has 0 saturated carbocycles. The molecule has 0 aromatic heterocycles. The molecule has 116 valence electrons. The molecule has 1 saturated heterocycles. The van der Waals surface area contributed by atoms with Crippen LogP contribution in [0.15, 0.2) is 16.6 Å². The van der Waals surface area contributed by atoms with Crippen LogP contribution in [0.2, 0.25) is 0 Å². The van der Waals surface area contributed by atoms with Gasteiger partial charge < -0.3 is 15.2 Å². The first-order valence-corrected chi connectivity index (χ1v) is 9.12. The highest BCUT2D eigenvalue weighted by Gasteiger charge is 2.32. The highest BCUT2D eigenvalue weighted by atomic mass is 79.9. The Balaban J connectivity index is 1.91. The van der Waals surface area contributed by atoms with Crippen molar-refractivity contribution in [2.75, 3.05) is 25.6 Å². The Hall–Kier alpha value is -0.430. The summed E-state index contributed by atoms with van der Waals surface area (Å²) in [5, 5.41) is 0.630. The van der Waals surface area contributed by atoms with Gasteiger partial charge in [0.2, 0.25) is 6.79 Å². The van der Waals surface area contributed by atoms with Crippen molar-refractivity contribution in [2.24, 2.45) is 5.73 Å². The number of nitrogens with zero attached hydrogens (tertiary/aromatic N) is 1. The summed E-state index contributed by atoms with van der Waals surface area (Å²) in [6.45, 7) is 6.56. The van der Waals surface area contributed by atoms with Gasteiger partial charge in [-0.1, -0.05) is 6.92 Å². The molecule has 2 heterocycles. The van der Waals surface area contributed by atoms with E-state index in [2.05, 4.69) is 46.8 Å². The van der Waals surface area contributed by atoms with Gasteiger partial charge in [0.15, 0.2) is 11.5 Å². The Bertz CT molecular complexity index is 529. The highest BCUT2D eigenvalue weighted by Crippen LogP contribution is 2.42. The summed E-state index contributed by atoms with van der Waals surface area (Å²) in [6.07, 6.45) is 0. The van der Waals surface area contributed by atoms with Crippen LogP contribution in [0, 0.1) is 0 Å². The molecule has 3 atom stereocenters. The summed E-state index contributed by atoms with van der Waals surface area (Å²) in [7, 11) is 0. The minimum absolute atomic E-state index is 0.217. The summed E-state index contributed by atoms with van der Waals surface area (Å²) < 4.78 is 11.9. The van der Waals surface area contributed by atoms with E-state index in [1.807, 2.05) is 11.8 Å². The van der Waals surface area contributed by atoms with Gasteiger partial charge in [0, 0.05) is 36.2 Å². The second kappa shape index (κ2) is 6.36. The second-order valence-electron chi connectivity index (χ2n) is 5.54. The monoisotopic (exact) mass is 372 g/mol. The average Bonchev–Trinajstić information content (AvgIpc) is 2.93. The van der Waals surface area contributed by atoms with Gasteiger partial charge >= 0.3 is 0 Å². The molecule has 2 aliphatic rings. The lowest BCUT2D eigenvalue weighted by atomic mass is 10.0. The minimum Gasteiger partial charge on any atom is -0.454 e. The Morgan fingerprint density at radius 1 is 1.43 bits per heavy atom. The number of ether oxygens (including phenoxy) is 2. The van der Waals surface area contributed by atoms with Gasteiger partial charge in [-0.2, -0.15) is 11.8 Å². The van der Waals surface area contributed by atoms with Crippen molar-refractivity contribution < 1.29 is 9.47 Å². The van der Waals surface area contributed by atoms with E-state index in [9.17, 15) is 0 Å². The van der Waals surface area contributed by atoms with E-state index < -0.39 is 0 Å². The van der Waals surface area contributed by atoms with E-state index in [-0.39, 0.29) is 6.04 Å². The normalized spacial score (nSPS) is 26.9. The lowest BCUT2D eigenvalue weighted by Crippen LogP contribution is -2.48. The van der Waals surface area contributed by atoms with Gasteiger partial charge in [-0.15, -0.1) is 0 Å². The predicted molar refractivity (Wildman–Crippen MR) is 90.1 cm³/mol. The Morgan fingerprint density at radius 2 is 2.24 bits per heavy atom. The van der Waals surface area contributed by atoms with Crippen LogP contribution in [0.3, 0.4) is 0 Å². The predicted octanol–water partition coefficient (Wildman–Crippen LogP) is 3.00. The van der Waals surface area contributed by atoms with Crippen LogP contribution in [0.4, 0.5) is 0 Å². The quantitative estimate of drug-likeness (QED) is 0.883. The summed E-state index contributed by atoms with van der Waals surface area (Å²) >= 11 is 5.62. The fourth-order valence-corrected chi connectivity index (χ4v) is 4.74. The molecular formula is C15H21BrN2O2S. The minimum atomic E-state index is 0.217. The smallest absolute Gasteiger partial charge is 0.231 e. The highest BCUT2D eigenvalue weighted by molar-refractivity contribution is 9.10. The van der Waals surface area contributed by atoms with Gasteiger partial charge in [0.25, 0.3) is 0 Å². The molecule has 2 N–H and O–H groups in total. The molecular weight excluding hydrogens is 352 g/mol. The number of benzene rings is 1. The van der Waals surface area contributed by atoms with E-state index in [1.165, 1.54) is 5.56 Å². The van der Waals surface area contributed by atoms with Crippen molar-refractivity contribution in [1.29, 1.82) is 0 Å². The number of hydrogen-bond donors (Lipinski definition) is 1. The summed E-state index contributed by atoms with van der Waals surface area (Å²) in [5.41, 5.74) is 7.30. The Kier molecular flexibility index (Phi) is 4.69. The molecule has 21 heavy (non-hydrogen) atoms. The van der Waals surface area contributed by atoms with Crippen molar-refractivity contribution >= 4 is 27.7 Å². The van der Waals surface area contributed by atoms with Gasteiger partial charge in [0.05, 0.1) is 4.47 Å². The van der Waals surface area contributed by atoms with Crippen molar-refractivity contribution in [2.45, 2.75) is 31.2 Å². The molecule has 1 aromatic carbocycles. The fraction of sp³-hybridized carbons (Fsp3) is 0.600. The van der Waals surface area contributed by atoms with Crippen molar-refractivity contribution in [3.8, 4) is 11.5 Å². The van der Waals surface area contributed by atoms with Crippen LogP contribution in [0.25, 0.3) is 0 Å². The summed E-state index contributed by atoms with van der Waals surface area (Å²) in [6, 6.07) is 4.92. The number of nitrogens with two attached hydrogens (primary N) is 1. The average molecular weight is 373 g/mol. The number of rotatable bonds is 3. The molecule has 0 spiro atoms. The number of halogens is 1. The van der Waals surface area contributed by atoms with Gasteiger partial charge in [0.1, 0.15) is 0 Å². The van der Waals surface area contributed by atoms with E-state index in [1.54, 1.807) is 0 Å². The van der Waals surface area contributed by atoms with Crippen LogP contribution in [0.1, 0.15) is 25.5 Å². The van der Waals surface area contributed by atoms with Crippen LogP contribution in [-0.2, 0) is 0 Å². The third-order valence-electron chi connectivity index (χ3n) is 4.39. The molecule has 0 aliphatic carbocycles. The molecule has 1 aromatic rings. The van der Waals surface area contributed by atoms with E-state index in [0.717, 1.165) is 28.3 Å². The first kappa shape index (κ1) is 15.5. The van der Waals surface area contributed by atoms with Gasteiger partial charge in [-0.25, -0.2) is 0 Å². The first-order chi connectivity index (χ1) is 10.1. The topological polar surface area (TPSA) is 47.7 Å². The lowest BCUT2D eigenvalue weighted by Gasteiger charge is -2.42. The standard InChI is InChI=1S/C15H21BrN2O2S/c1-9-10(2)21-4-3-18(9)13(7-17)11-5-12(16)15-14(6-11)19-8-20-15/h5-6,9-10,13H,3-4,7-8,17H2,1-2H3. The zero-order valence-electron chi connectivity index (χ0n) is 12.3. The van der Waals surface area contributed by atoms with Gasteiger partial charge in [-0.05, 0) is 40.5 Å². The third kappa shape index (κ3) is 2.91. The summed E-state index contributed by atoms with van der Waals surface area (Å²) in [5.74, 6) is 2.77. The molecule has 0 amide bonds. The molecule has 1 fully saturated rings. The molecule has 3 rings (SSSR count). The second-order valence-corrected chi connectivity index (χ2v) is 7.88. The molecule has 2 aliphatic heterocycles. The molecule has 4 nitrogen and oxygen atoms in total. The Labute approximate surface area is 138 Å². The SMILES string of the molecule is CC1SCCN(C(CN)c2cc(Br)c3c(c2)OCO3)C1C. The van der Waals surface area contributed by atoms with Gasteiger partial charge in [-0.3, -0.25) is 4.90 Å². The summed E-state index contributed by atoms with van der Waals surface area (Å²) in [4.78, 5) is 2.52. The van der Waals surface area contributed by atoms with Crippen molar-refractivity contribution in [3.63, 3.8) is 0 Å². The van der Waals surface area contributed by atoms with E-state index >= 15 is 0 Å². The maximum absolute atomic E-state index is 6.10. The Morgan fingerprint density at radius 3 is 3.00 bits per heavy atom. The largest absolute Gasteiger partial charge is 0.454 e. The number of thioether (sulfide) groups is 1. The third-order valence-corrected chi connectivity index (χ3v) is 6.32. The maximum atomic E-state index is 6.10. The zero-order valence-corrected chi connectivity index (χ0v) is 14.7. The van der Waals surface area contributed by atoms with Crippen LogP contribution in [-0.4, -0.2) is 41.8 Å². The molecule has 6 heteroatoms. The van der Waals surface area contributed by atoms with Crippen LogP contribution in [0.5, 0.6) is 11.5 Å². The van der Waals surface area contributed by atoms with Crippen molar-refractivity contribution in [3.05, 3.63) is 22.2 Å². The van der Waals surface area contributed by atoms with Crippen LogP contribution < -0.4 is 15.2 Å². The zero-order chi connectivity index (χ0) is 15.0. The lowest BCUT2D eigenvalue weighted by molar-refractivity contribution is 0.150. The molecule has 3 unspecified atom stereocenters. The van der Waals surface area contributed by atoms with Crippen LogP contribution >= 0.6 is 27.7 Å². The first-order valence-electron chi connectivity index (χ1n) is 7.28. The molecule has 0 radical (unpaired) electrons. The van der Waals surface area contributed by atoms with Crippen molar-refractivity contribution in [1.82, 2.24) is 4.90 Å². The van der Waals surface area contributed by atoms with E-state index in [0.29, 0.717) is 24.6 Å². The number of fused-ring (bicyclic) bond motifs is 1.